The Balaban J connectivity index is 2.23. The highest BCUT2D eigenvalue weighted by Crippen LogP contribution is 2.26. The second-order valence-electron chi connectivity index (χ2n) is 6.58. The molecule has 1 heterocycles. The van der Waals surface area contributed by atoms with Crippen molar-refractivity contribution < 1.29 is 27.1 Å². The van der Waals surface area contributed by atoms with Crippen LogP contribution in [0.25, 0.3) is 0 Å². The predicted molar refractivity (Wildman–Crippen MR) is 99.1 cm³/mol. The van der Waals surface area contributed by atoms with Crippen molar-refractivity contribution in [1.29, 1.82) is 0 Å². The van der Waals surface area contributed by atoms with Crippen LogP contribution in [0.2, 0.25) is 0 Å². The molecular weight excluding hydrogens is 375 g/mol. The number of benzene rings is 1. The van der Waals surface area contributed by atoms with Gasteiger partial charge in [-0.1, -0.05) is 6.92 Å². The molecule has 1 aliphatic rings. The lowest BCUT2D eigenvalue weighted by Crippen LogP contribution is -2.52. The van der Waals surface area contributed by atoms with E-state index < -0.39 is 21.9 Å². The highest BCUT2D eigenvalue weighted by Gasteiger charge is 2.36. The zero-order chi connectivity index (χ0) is 20.2. The van der Waals surface area contributed by atoms with Crippen LogP contribution in [0.4, 0.5) is 10.1 Å². The Hall–Kier alpha value is -2.16. The molecule has 0 N–H and O–H groups in total. The standard InChI is InChI=1S/C18H25FN2O5S/c1-4-16(17(22)20-11-9-13(10-12-20)18(23)26-2)21(27(3,24)25)15-7-5-14(19)6-8-15/h5-8,13,16H,4,9-12H2,1-3H3. The number of carbonyl (C=O) groups excluding carboxylic acids is 2. The molecule has 7 nitrogen and oxygen atoms in total. The third-order valence-electron chi connectivity index (χ3n) is 4.73. The summed E-state index contributed by atoms with van der Waals surface area (Å²) < 4.78 is 43.8. The maximum Gasteiger partial charge on any atom is 0.308 e. The van der Waals surface area contributed by atoms with Crippen molar-refractivity contribution >= 4 is 27.6 Å². The van der Waals surface area contributed by atoms with E-state index in [1.807, 2.05) is 0 Å². The first-order valence-corrected chi connectivity index (χ1v) is 10.7. The van der Waals surface area contributed by atoms with E-state index in [9.17, 15) is 22.4 Å². The Morgan fingerprint density at radius 2 is 1.81 bits per heavy atom. The van der Waals surface area contributed by atoms with E-state index in [2.05, 4.69) is 0 Å². The van der Waals surface area contributed by atoms with Gasteiger partial charge < -0.3 is 9.64 Å². The maximum atomic E-state index is 13.2. The average Bonchev–Trinajstić information content (AvgIpc) is 2.65. The molecule has 0 saturated carbocycles. The maximum absolute atomic E-state index is 13.2. The van der Waals surface area contributed by atoms with E-state index in [-0.39, 0.29) is 29.9 Å². The summed E-state index contributed by atoms with van der Waals surface area (Å²) in [6.45, 7) is 2.44. The van der Waals surface area contributed by atoms with E-state index in [0.717, 1.165) is 22.7 Å². The number of hydrogen-bond donors (Lipinski definition) is 0. The molecule has 1 saturated heterocycles. The molecule has 0 bridgehead atoms. The molecule has 1 amide bonds. The molecule has 2 rings (SSSR count). The zero-order valence-electron chi connectivity index (χ0n) is 15.7. The van der Waals surface area contributed by atoms with Gasteiger partial charge in [-0.15, -0.1) is 0 Å². The van der Waals surface area contributed by atoms with E-state index in [1.165, 1.54) is 19.2 Å². The van der Waals surface area contributed by atoms with E-state index in [4.69, 9.17) is 4.74 Å². The molecule has 1 atom stereocenters. The molecule has 1 aliphatic heterocycles. The average molecular weight is 400 g/mol. The van der Waals surface area contributed by atoms with Crippen molar-refractivity contribution in [3.8, 4) is 0 Å². The number of anilines is 1. The van der Waals surface area contributed by atoms with Crippen molar-refractivity contribution in [2.75, 3.05) is 30.8 Å². The van der Waals surface area contributed by atoms with Crippen LogP contribution in [0.15, 0.2) is 24.3 Å². The fourth-order valence-corrected chi connectivity index (χ4v) is 4.55. The summed E-state index contributed by atoms with van der Waals surface area (Å²) in [4.78, 5) is 26.3. The molecule has 9 heteroatoms. The van der Waals surface area contributed by atoms with E-state index >= 15 is 0 Å². The number of rotatable bonds is 6. The lowest BCUT2D eigenvalue weighted by Gasteiger charge is -2.37. The summed E-state index contributed by atoms with van der Waals surface area (Å²) in [6, 6.07) is 4.07. The molecule has 27 heavy (non-hydrogen) atoms. The Morgan fingerprint density at radius 1 is 1.26 bits per heavy atom. The van der Waals surface area contributed by atoms with Crippen LogP contribution < -0.4 is 4.31 Å². The second-order valence-corrected chi connectivity index (χ2v) is 8.44. The second kappa shape index (κ2) is 8.69. The van der Waals surface area contributed by atoms with Gasteiger partial charge in [-0.3, -0.25) is 13.9 Å². The number of methoxy groups -OCH3 is 1. The summed E-state index contributed by atoms with van der Waals surface area (Å²) in [5, 5.41) is 0. The van der Waals surface area contributed by atoms with Crippen molar-refractivity contribution in [2.24, 2.45) is 5.92 Å². The number of carbonyl (C=O) groups is 2. The topological polar surface area (TPSA) is 84.0 Å². The van der Waals surface area contributed by atoms with Gasteiger partial charge in [-0.2, -0.15) is 0 Å². The highest BCUT2D eigenvalue weighted by atomic mass is 32.2. The normalized spacial score (nSPS) is 16.7. The SMILES string of the molecule is CCC(C(=O)N1CCC(C(=O)OC)CC1)N(c1ccc(F)cc1)S(C)(=O)=O. The largest absolute Gasteiger partial charge is 0.469 e. The molecule has 0 radical (unpaired) electrons. The fourth-order valence-electron chi connectivity index (χ4n) is 3.34. The Labute approximate surface area is 159 Å². The predicted octanol–water partition coefficient (Wildman–Crippen LogP) is 1.78. The molecule has 1 unspecified atom stereocenters. The minimum atomic E-state index is -3.76. The zero-order valence-corrected chi connectivity index (χ0v) is 16.5. The van der Waals surface area contributed by atoms with Crippen molar-refractivity contribution in [2.45, 2.75) is 32.2 Å². The molecular formula is C18H25FN2O5S. The third-order valence-corrected chi connectivity index (χ3v) is 5.91. The summed E-state index contributed by atoms with van der Waals surface area (Å²) in [5.74, 6) is -1.35. The van der Waals surface area contributed by atoms with Gasteiger partial charge in [-0.25, -0.2) is 12.8 Å². The number of halogens is 1. The van der Waals surface area contributed by atoms with Crippen LogP contribution in [0.1, 0.15) is 26.2 Å². The fraction of sp³-hybridized carbons (Fsp3) is 0.556. The van der Waals surface area contributed by atoms with Gasteiger partial charge in [0.25, 0.3) is 0 Å². The Bertz CT molecular complexity index is 773. The van der Waals surface area contributed by atoms with Crippen LogP contribution in [-0.2, 0) is 24.3 Å². The van der Waals surface area contributed by atoms with Gasteiger partial charge in [0.1, 0.15) is 11.9 Å². The van der Waals surface area contributed by atoms with Gasteiger partial charge in [-0.05, 0) is 43.5 Å². The van der Waals surface area contributed by atoms with Gasteiger partial charge in [0.2, 0.25) is 15.9 Å². The lowest BCUT2D eigenvalue weighted by atomic mass is 9.96. The summed E-state index contributed by atoms with van der Waals surface area (Å²) in [5.41, 5.74) is 0.239. The summed E-state index contributed by atoms with van der Waals surface area (Å²) in [6.07, 6.45) is 2.24. The van der Waals surface area contributed by atoms with Crippen LogP contribution >= 0.6 is 0 Å². The molecule has 0 spiro atoms. The molecule has 1 aromatic carbocycles. The van der Waals surface area contributed by atoms with Crippen molar-refractivity contribution in [3.63, 3.8) is 0 Å². The number of amides is 1. The number of nitrogens with zero attached hydrogens (tertiary/aromatic N) is 2. The summed E-state index contributed by atoms with van der Waals surface area (Å²) in [7, 11) is -2.43. The minimum absolute atomic E-state index is 0.239. The van der Waals surface area contributed by atoms with Crippen LogP contribution in [0.3, 0.4) is 0 Å². The van der Waals surface area contributed by atoms with E-state index in [1.54, 1.807) is 11.8 Å². The smallest absolute Gasteiger partial charge is 0.308 e. The first-order chi connectivity index (χ1) is 12.7. The highest BCUT2D eigenvalue weighted by molar-refractivity contribution is 7.92. The molecule has 0 aromatic heterocycles. The number of esters is 1. The Kier molecular flexibility index (Phi) is 6.80. The molecule has 1 aromatic rings. The third kappa shape index (κ3) is 4.97. The summed E-state index contributed by atoms with van der Waals surface area (Å²) >= 11 is 0. The van der Waals surface area contributed by atoms with Gasteiger partial charge in [0, 0.05) is 13.1 Å². The van der Waals surface area contributed by atoms with Crippen LogP contribution in [0, 0.1) is 11.7 Å². The van der Waals surface area contributed by atoms with Crippen molar-refractivity contribution in [3.05, 3.63) is 30.1 Å². The molecule has 150 valence electrons. The molecule has 1 fully saturated rings. The first kappa shape index (κ1) is 21.1. The number of piperidine rings is 1. The first-order valence-electron chi connectivity index (χ1n) is 8.80. The monoisotopic (exact) mass is 400 g/mol. The van der Waals surface area contributed by atoms with Crippen LogP contribution in [-0.4, -0.2) is 57.7 Å². The van der Waals surface area contributed by atoms with Gasteiger partial charge in [0.05, 0.1) is 25.0 Å². The minimum Gasteiger partial charge on any atom is -0.469 e. The van der Waals surface area contributed by atoms with Crippen molar-refractivity contribution in [1.82, 2.24) is 4.90 Å². The number of likely N-dealkylation sites (tertiary alicyclic amines) is 1. The van der Waals surface area contributed by atoms with Crippen LogP contribution in [0.5, 0.6) is 0 Å². The van der Waals surface area contributed by atoms with Gasteiger partial charge >= 0.3 is 5.97 Å². The van der Waals surface area contributed by atoms with E-state index in [0.29, 0.717) is 25.9 Å². The Morgan fingerprint density at radius 3 is 2.26 bits per heavy atom. The molecule has 0 aliphatic carbocycles. The number of hydrogen-bond acceptors (Lipinski definition) is 5. The number of ether oxygens (including phenoxy) is 1. The van der Waals surface area contributed by atoms with Gasteiger partial charge in [0.15, 0.2) is 0 Å². The number of sulfonamides is 1. The lowest BCUT2D eigenvalue weighted by molar-refractivity contribution is -0.149. The quantitative estimate of drug-likeness (QED) is 0.680.